The average molecular weight is 167 g/mol. The van der Waals surface area contributed by atoms with Crippen molar-refractivity contribution in [2.45, 2.75) is 6.54 Å². The molecule has 0 aromatic carbocycles. The van der Waals surface area contributed by atoms with Crippen LogP contribution in [0.1, 0.15) is 5.82 Å². The van der Waals surface area contributed by atoms with E-state index in [1.807, 2.05) is 0 Å². The van der Waals surface area contributed by atoms with Gasteiger partial charge in [0.25, 0.3) is 0 Å². The first-order chi connectivity index (χ1) is 5.93. The zero-order valence-corrected chi connectivity index (χ0v) is 7.16. The Balaban J connectivity index is 2.16. The zero-order valence-electron chi connectivity index (χ0n) is 7.16. The van der Waals surface area contributed by atoms with Gasteiger partial charge in [0.15, 0.2) is 0 Å². The highest BCUT2D eigenvalue weighted by Crippen LogP contribution is 1.84. The molecule has 0 amide bonds. The second-order valence-corrected chi connectivity index (χ2v) is 2.33. The molecule has 1 aromatic rings. The van der Waals surface area contributed by atoms with E-state index in [0.717, 1.165) is 12.4 Å². The molecule has 4 nitrogen and oxygen atoms in total. The molecule has 0 fully saturated rings. The van der Waals surface area contributed by atoms with Gasteiger partial charge < -0.3 is 10.1 Å². The molecule has 0 saturated carbocycles. The summed E-state index contributed by atoms with van der Waals surface area (Å²) < 4.78 is 4.88. The Hall–Kier alpha value is -1.00. The minimum atomic E-state index is 0.699. The Kier molecular flexibility index (Phi) is 4.26. The molecule has 0 unspecified atom stereocenters. The number of methoxy groups -OCH3 is 1. The second-order valence-electron chi connectivity index (χ2n) is 2.33. The molecule has 0 aliphatic rings. The van der Waals surface area contributed by atoms with Gasteiger partial charge in [-0.05, 0) is 6.07 Å². The van der Waals surface area contributed by atoms with Crippen LogP contribution in [0.3, 0.4) is 0 Å². The quantitative estimate of drug-likeness (QED) is 0.637. The normalized spacial score (nSPS) is 10.1. The van der Waals surface area contributed by atoms with E-state index in [1.165, 1.54) is 0 Å². The average Bonchev–Trinajstić information content (AvgIpc) is 2.14. The summed E-state index contributed by atoms with van der Waals surface area (Å²) in [6, 6.07) is 1.80. The predicted molar refractivity (Wildman–Crippen MR) is 45.6 cm³/mol. The van der Waals surface area contributed by atoms with Crippen LogP contribution in [-0.4, -0.2) is 30.2 Å². The van der Waals surface area contributed by atoms with Gasteiger partial charge in [-0.1, -0.05) is 0 Å². The molecule has 4 heteroatoms. The number of ether oxygens (including phenoxy) is 1. The lowest BCUT2D eigenvalue weighted by Gasteiger charge is -2.01. The molecule has 12 heavy (non-hydrogen) atoms. The second kappa shape index (κ2) is 5.62. The van der Waals surface area contributed by atoms with Crippen LogP contribution >= 0.6 is 0 Å². The van der Waals surface area contributed by atoms with Crippen molar-refractivity contribution < 1.29 is 4.74 Å². The van der Waals surface area contributed by atoms with Crippen molar-refractivity contribution in [3.63, 3.8) is 0 Å². The number of aromatic nitrogens is 2. The fourth-order valence-electron chi connectivity index (χ4n) is 0.796. The lowest BCUT2D eigenvalue weighted by atomic mass is 10.5. The van der Waals surface area contributed by atoms with Gasteiger partial charge in [0.2, 0.25) is 0 Å². The van der Waals surface area contributed by atoms with Gasteiger partial charge in [0, 0.05) is 26.0 Å². The first-order valence-corrected chi connectivity index (χ1v) is 3.89. The molecular formula is C8H13N3O. The Bertz CT molecular complexity index is 203. The summed E-state index contributed by atoms with van der Waals surface area (Å²) in [7, 11) is 1.68. The fraction of sp³-hybridized carbons (Fsp3) is 0.500. The van der Waals surface area contributed by atoms with Gasteiger partial charge >= 0.3 is 0 Å². The minimum Gasteiger partial charge on any atom is -0.383 e. The Morgan fingerprint density at radius 1 is 1.42 bits per heavy atom. The number of nitrogens with zero attached hydrogens (tertiary/aromatic N) is 2. The summed E-state index contributed by atoms with van der Waals surface area (Å²) in [4.78, 5) is 8.12. The van der Waals surface area contributed by atoms with Crippen LogP contribution in [0.2, 0.25) is 0 Å². The van der Waals surface area contributed by atoms with Gasteiger partial charge in [0.05, 0.1) is 13.2 Å². The third kappa shape index (κ3) is 3.41. The molecule has 0 radical (unpaired) electrons. The number of hydrogen-bond donors (Lipinski definition) is 1. The molecule has 0 atom stereocenters. The van der Waals surface area contributed by atoms with E-state index in [2.05, 4.69) is 15.3 Å². The van der Waals surface area contributed by atoms with E-state index in [9.17, 15) is 0 Å². The van der Waals surface area contributed by atoms with Crippen molar-refractivity contribution >= 4 is 0 Å². The maximum absolute atomic E-state index is 4.88. The van der Waals surface area contributed by atoms with Crippen molar-refractivity contribution in [3.05, 3.63) is 24.3 Å². The third-order valence-electron chi connectivity index (χ3n) is 1.39. The van der Waals surface area contributed by atoms with E-state index in [4.69, 9.17) is 4.74 Å². The Morgan fingerprint density at radius 2 is 2.17 bits per heavy atom. The fourth-order valence-corrected chi connectivity index (χ4v) is 0.796. The molecule has 1 N–H and O–H groups in total. The van der Waals surface area contributed by atoms with Gasteiger partial charge in [-0.25, -0.2) is 9.97 Å². The van der Waals surface area contributed by atoms with E-state index in [1.54, 1.807) is 25.6 Å². The highest BCUT2D eigenvalue weighted by molar-refractivity contribution is 4.87. The Labute approximate surface area is 72.0 Å². The van der Waals surface area contributed by atoms with Crippen LogP contribution in [0.25, 0.3) is 0 Å². The van der Waals surface area contributed by atoms with Crippen LogP contribution in [0, 0.1) is 0 Å². The van der Waals surface area contributed by atoms with Crippen molar-refractivity contribution in [1.29, 1.82) is 0 Å². The van der Waals surface area contributed by atoms with Crippen molar-refractivity contribution in [3.8, 4) is 0 Å². The van der Waals surface area contributed by atoms with Crippen LogP contribution < -0.4 is 5.32 Å². The molecule has 0 aliphatic heterocycles. The van der Waals surface area contributed by atoms with Crippen LogP contribution in [0.5, 0.6) is 0 Å². The summed E-state index contributed by atoms with van der Waals surface area (Å²) in [6.07, 6.45) is 3.47. The SMILES string of the molecule is COCCNCc1ncccn1. The minimum absolute atomic E-state index is 0.699. The maximum Gasteiger partial charge on any atom is 0.141 e. The molecular weight excluding hydrogens is 154 g/mol. The van der Waals surface area contributed by atoms with E-state index < -0.39 is 0 Å². The smallest absolute Gasteiger partial charge is 0.141 e. The summed E-state index contributed by atoms with van der Waals surface area (Å²) >= 11 is 0. The largest absolute Gasteiger partial charge is 0.383 e. The van der Waals surface area contributed by atoms with E-state index in [-0.39, 0.29) is 0 Å². The van der Waals surface area contributed by atoms with Crippen molar-refractivity contribution in [1.82, 2.24) is 15.3 Å². The number of rotatable bonds is 5. The van der Waals surface area contributed by atoms with Gasteiger partial charge in [0.1, 0.15) is 5.82 Å². The van der Waals surface area contributed by atoms with Gasteiger partial charge in [-0.3, -0.25) is 0 Å². The topological polar surface area (TPSA) is 47.0 Å². The third-order valence-corrected chi connectivity index (χ3v) is 1.39. The molecule has 1 heterocycles. The summed E-state index contributed by atoms with van der Waals surface area (Å²) in [5, 5.41) is 3.15. The molecule has 1 rings (SSSR count). The standard InChI is InChI=1S/C8H13N3O/c1-12-6-5-9-7-8-10-3-2-4-11-8/h2-4,9H,5-7H2,1H3. The molecule has 0 bridgehead atoms. The zero-order chi connectivity index (χ0) is 8.65. The first-order valence-electron chi connectivity index (χ1n) is 3.89. The van der Waals surface area contributed by atoms with Gasteiger partial charge in [-0.2, -0.15) is 0 Å². The highest BCUT2D eigenvalue weighted by Gasteiger charge is 1.91. The van der Waals surface area contributed by atoms with Crippen LogP contribution in [0.15, 0.2) is 18.5 Å². The van der Waals surface area contributed by atoms with Crippen molar-refractivity contribution in [2.24, 2.45) is 0 Å². The molecule has 0 spiro atoms. The summed E-state index contributed by atoms with van der Waals surface area (Å²) in [5.74, 6) is 0.814. The van der Waals surface area contributed by atoms with Gasteiger partial charge in [-0.15, -0.1) is 0 Å². The molecule has 0 aliphatic carbocycles. The summed E-state index contributed by atoms with van der Waals surface area (Å²) in [5.41, 5.74) is 0. The predicted octanol–water partition coefficient (Wildman–Crippen LogP) is 0.213. The first kappa shape index (κ1) is 9.09. The molecule has 66 valence electrons. The number of nitrogens with one attached hydrogen (secondary N) is 1. The molecule has 0 saturated heterocycles. The lowest BCUT2D eigenvalue weighted by molar-refractivity contribution is 0.199. The van der Waals surface area contributed by atoms with E-state index >= 15 is 0 Å². The van der Waals surface area contributed by atoms with Crippen molar-refractivity contribution in [2.75, 3.05) is 20.3 Å². The highest BCUT2D eigenvalue weighted by atomic mass is 16.5. The maximum atomic E-state index is 4.88. The van der Waals surface area contributed by atoms with Crippen LogP contribution in [-0.2, 0) is 11.3 Å². The monoisotopic (exact) mass is 167 g/mol. The summed E-state index contributed by atoms with van der Waals surface area (Å²) in [6.45, 7) is 2.24. The Morgan fingerprint density at radius 3 is 2.83 bits per heavy atom. The lowest BCUT2D eigenvalue weighted by Crippen LogP contribution is -2.19. The van der Waals surface area contributed by atoms with Crippen LogP contribution in [0.4, 0.5) is 0 Å². The molecule has 1 aromatic heterocycles. The number of hydrogen-bond acceptors (Lipinski definition) is 4. The van der Waals surface area contributed by atoms with E-state index in [0.29, 0.717) is 13.2 Å².